The predicted molar refractivity (Wildman–Crippen MR) is 132 cm³/mol. The molecule has 0 bridgehead atoms. The number of nitrogens with zero attached hydrogens (tertiary/aromatic N) is 4. The van der Waals surface area contributed by atoms with Crippen molar-refractivity contribution in [2.24, 2.45) is 0 Å². The van der Waals surface area contributed by atoms with Gasteiger partial charge in [-0.1, -0.05) is 50.1 Å². The summed E-state index contributed by atoms with van der Waals surface area (Å²) < 4.78 is 3.86. The molecule has 9 heteroatoms. The third-order valence-corrected chi connectivity index (χ3v) is 6.57. The summed E-state index contributed by atoms with van der Waals surface area (Å²) in [5, 5.41) is 7.74. The molecule has 1 saturated carbocycles. The zero-order valence-electron chi connectivity index (χ0n) is 19.6. The van der Waals surface area contributed by atoms with E-state index in [0.717, 1.165) is 30.4 Å². The van der Waals surface area contributed by atoms with Crippen LogP contribution in [0.1, 0.15) is 59.7 Å². The predicted octanol–water partition coefficient (Wildman–Crippen LogP) is 2.78. The third-order valence-electron chi connectivity index (χ3n) is 6.57. The summed E-state index contributed by atoms with van der Waals surface area (Å²) in [4.78, 5) is 52.4. The van der Waals surface area contributed by atoms with Crippen LogP contribution in [0.2, 0.25) is 0 Å². The van der Waals surface area contributed by atoms with Crippen LogP contribution in [0.25, 0.3) is 16.7 Å². The summed E-state index contributed by atoms with van der Waals surface area (Å²) in [7, 11) is 0. The quantitative estimate of drug-likeness (QED) is 0.415. The Hall–Kier alpha value is -4.01. The van der Waals surface area contributed by atoms with E-state index in [1.165, 1.54) is 8.97 Å². The molecule has 4 aromatic rings. The van der Waals surface area contributed by atoms with Crippen LogP contribution in [0, 0.1) is 0 Å². The Morgan fingerprint density at radius 2 is 1.77 bits per heavy atom. The Balaban J connectivity index is 1.64. The number of hydrogen-bond donors (Lipinski definition) is 1. The lowest BCUT2D eigenvalue weighted by Crippen LogP contribution is -2.33. The fourth-order valence-corrected chi connectivity index (χ4v) is 4.78. The van der Waals surface area contributed by atoms with Crippen LogP contribution in [-0.2, 0) is 13.1 Å². The van der Waals surface area contributed by atoms with Crippen LogP contribution in [0.4, 0.5) is 0 Å². The molecule has 0 aliphatic heterocycles. The minimum atomic E-state index is -0.535. The van der Waals surface area contributed by atoms with E-state index in [1.807, 2.05) is 13.0 Å². The largest absolute Gasteiger partial charge is 0.352 e. The van der Waals surface area contributed by atoms with E-state index in [-0.39, 0.29) is 35.6 Å². The first-order valence-corrected chi connectivity index (χ1v) is 12.0. The van der Waals surface area contributed by atoms with E-state index in [2.05, 4.69) is 10.4 Å². The van der Waals surface area contributed by atoms with Gasteiger partial charge in [-0.3, -0.25) is 19.0 Å². The Labute approximate surface area is 201 Å². The molecule has 0 unspecified atom stereocenters. The van der Waals surface area contributed by atoms with Crippen LogP contribution in [0.3, 0.4) is 0 Å². The van der Waals surface area contributed by atoms with Gasteiger partial charge in [0, 0.05) is 23.7 Å². The Kier molecular flexibility index (Phi) is 6.07. The number of amides is 1. The molecule has 9 nitrogen and oxygen atoms in total. The first kappa shape index (κ1) is 22.8. The molecule has 0 atom stereocenters. The molecule has 0 saturated heterocycles. The minimum Gasteiger partial charge on any atom is -0.349 e. The fraction of sp³-hybridized carbons (Fsp3) is 0.346. The third kappa shape index (κ3) is 4.18. The van der Waals surface area contributed by atoms with Gasteiger partial charge in [0.05, 0.1) is 10.9 Å². The summed E-state index contributed by atoms with van der Waals surface area (Å²) in [5.74, 6) is -0.339. The maximum Gasteiger partial charge on any atom is 0.352 e. The maximum atomic E-state index is 13.4. The SMILES string of the molecule is CCCn1c(=O)c2ccc(C(=O)NC3CCCC3)cc2n2c(=O)n(CC(=O)c3ccccc3)nc12. The molecule has 1 aliphatic rings. The Bertz CT molecular complexity index is 1540. The van der Waals surface area contributed by atoms with Gasteiger partial charge in [0.2, 0.25) is 5.78 Å². The summed E-state index contributed by atoms with van der Waals surface area (Å²) in [6.07, 6.45) is 4.75. The number of ketones is 1. The zero-order chi connectivity index (χ0) is 24.5. The lowest BCUT2D eigenvalue weighted by atomic mass is 10.1. The number of aromatic nitrogens is 4. The van der Waals surface area contributed by atoms with E-state index in [1.54, 1.807) is 42.5 Å². The normalized spacial score (nSPS) is 14.1. The van der Waals surface area contributed by atoms with Crippen LogP contribution in [0.5, 0.6) is 0 Å². The average molecular weight is 474 g/mol. The van der Waals surface area contributed by atoms with Gasteiger partial charge in [-0.05, 0) is 37.5 Å². The molecule has 2 heterocycles. The number of carbonyl (C=O) groups is 2. The van der Waals surface area contributed by atoms with Crippen LogP contribution >= 0.6 is 0 Å². The lowest BCUT2D eigenvalue weighted by molar-refractivity contribution is 0.0936. The second kappa shape index (κ2) is 9.32. The van der Waals surface area contributed by atoms with E-state index in [0.29, 0.717) is 35.0 Å². The first-order chi connectivity index (χ1) is 17.0. The number of fused-ring (bicyclic) bond motifs is 3. The smallest absolute Gasteiger partial charge is 0.349 e. The summed E-state index contributed by atoms with van der Waals surface area (Å²) >= 11 is 0. The van der Waals surface area contributed by atoms with Crippen LogP contribution < -0.4 is 16.6 Å². The number of Topliss-reactive ketones (excluding diaryl/α,β-unsaturated/α-hetero) is 1. The van der Waals surface area contributed by atoms with Crippen LogP contribution in [-0.4, -0.2) is 36.5 Å². The number of carbonyl (C=O) groups excluding carboxylic acids is 2. The lowest BCUT2D eigenvalue weighted by Gasteiger charge is -2.13. The van der Waals surface area contributed by atoms with Crippen molar-refractivity contribution in [3.8, 4) is 0 Å². The van der Waals surface area contributed by atoms with Gasteiger partial charge in [-0.2, -0.15) is 0 Å². The van der Waals surface area contributed by atoms with E-state index >= 15 is 0 Å². The maximum absolute atomic E-state index is 13.4. The molecule has 1 fully saturated rings. The number of aryl methyl sites for hydroxylation is 1. The van der Waals surface area contributed by atoms with Crippen molar-refractivity contribution in [3.05, 3.63) is 80.5 Å². The topological polar surface area (TPSA) is 107 Å². The average Bonchev–Trinajstić information content (AvgIpc) is 3.50. The summed E-state index contributed by atoms with van der Waals surface area (Å²) in [6, 6.07) is 13.6. The van der Waals surface area contributed by atoms with Crippen molar-refractivity contribution in [2.45, 2.75) is 58.2 Å². The zero-order valence-corrected chi connectivity index (χ0v) is 19.6. The van der Waals surface area contributed by atoms with Gasteiger partial charge in [-0.25, -0.2) is 13.9 Å². The summed E-state index contributed by atoms with van der Waals surface area (Å²) in [5.41, 5.74) is 0.326. The monoisotopic (exact) mass is 473 g/mol. The standard InChI is InChI=1S/C26H27N5O4/c1-2-14-29-24(34)20-13-12-18(23(33)27-19-10-6-7-11-19)15-21(20)31-25(29)28-30(26(31)35)16-22(32)17-8-4-3-5-9-17/h3-5,8-9,12-13,15,19H,2,6-7,10-11,14,16H2,1H3,(H,27,33). The Morgan fingerprint density at radius 3 is 2.49 bits per heavy atom. The second-order valence-electron chi connectivity index (χ2n) is 9.01. The number of hydrogen-bond acceptors (Lipinski definition) is 5. The van der Waals surface area contributed by atoms with Crippen molar-refractivity contribution in [1.82, 2.24) is 24.1 Å². The van der Waals surface area contributed by atoms with Crippen molar-refractivity contribution in [3.63, 3.8) is 0 Å². The van der Waals surface area contributed by atoms with Gasteiger partial charge < -0.3 is 5.32 Å². The van der Waals surface area contributed by atoms with E-state index in [4.69, 9.17) is 0 Å². The number of benzene rings is 2. The van der Waals surface area contributed by atoms with E-state index in [9.17, 15) is 19.2 Å². The van der Waals surface area contributed by atoms with Crippen molar-refractivity contribution in [2.75, 3.05) is 0 Å². The molecular weight excluding hydrogens is 446 g/mol. The van der Waals surface area contributed by atoms with Crippen molar-refractivity contribution in [1.29, 1.82) is 0 Å². The Morgan fingerprint density at radius 1 is 1.03 bits per heavy atom. The molecule has 2 aromatic carbocycles. The van der Waals surface area contributed by atoms with Crippen molar-refractivity contribution < 1.29 is 9.59 Å². The minimum absolute atomic E-state index is 0.144. The highest BCUT2D eigenvalue weighted by Gasteiger charge is 2.22. The molecule has 35 heavy (non-hydrogen) atoms. The van der Waals surface area contributed by atoms with E-state index < -0.39 is 5.69 Å². The highest BCUT2D eigenvalue weighted by atomic mass is 16.2. The highest BCUT2D eigenvalue weighted by Crippen LogP contribution is 2.19. The summed E-state index contributed by atoms with van der Waals surface area (Å²) in [6.45, 7) is 2.04. The molecular formula is C26H27N5O4. The van der Waals surface area contributed by atoms with Crippen molar-refractivity contribution >= 4 is 28.4 Å². The van der Waals surface area contributed by atoms with Gasteiger partial charge in [0.25, 0.3) is 11.5 Å². The van der Waals surface area contributed by atoms with Crippen LogP contribution in [0.15, 0.2) is 58.1 Å². The molecule has 1 N–H and O–H groups in total. The fourth-order valence-electron chi connectivity index (χ4n) is 4.78. The van der Waals surface area contributed by atoms with Gasteiger partial charge in [-0.15, -0.1) is 5.10 Å². The molecule has 5 rings (SSSR count). The molecule has 0 radical (unpaired) electrons. The molecule has 0 spiro atoms. The highest BCUT2D eigenvalue weighted by molar-refractivity contribution is 5.98. The van der Waals surface area contributed by atoms with Gasteiger partial charge in [0.1, 0.15) is 6.54 Å². The molecule has 1 aliphatic carbocycles. The van der Waals surface area contributed by atoms with Gasteiger partial charge >= 0.3 is 5.69 Å². The van der Waals surface area contributed by atoms with Gasteiger partial charge in [0.15, 0.2) is 5.78 Å². The number of nitrogens with one attached hydrogen (secondary N) is 1. The second-order valence-corrected chi connectivity index (χ2v) is 9.01. The molecule has 1 amide bonds. The number of rotatable bonds is 7. The first-order valence-electron chi connectivity index (χ1n) is 12.0. The molecule has 180 valence electrons. The molecule has 2 aromatic heterocycles.